The molecule has 7 heteroatoms. The molecule has 63 valence electrons. The van der Waals surface area contributed by atoms with Gasteiger partial charge in [-0.3, -0.25) is 0 Å². The van der Waals surface area contributed by atoms with Crippen molar-refractivity contribution < 1.29 is 24.5 Å². The molecule has 2 N–H and O–H groups in total. The third-order valence-corrected chi connectivity index (χ3v) is 0.667. The Labute approximate surface area is 66.9 Å². The van der Waals surface area contributed by atoms with Gasteiger partial charge in [0.25, 0.3) is 0 Å². The van der Waals surface area contributed by atoms with Crippen LogP contribution < -0.4 is 0 Å². The highest BCUT2D eigenvalue weighted by Gasteiger charge is 2.13. The molecule has 0 aromatic rings. The van der Waals surface area contributed by atoms with Gasteiger partial charge in [0.05, 0.1) is 6.61 Å². The number of aliphatic hydroxyl groups is 1. The van der Waals surface area contributed by atoms with Crippen LogP contribution in [0.25, 0.3) is 0 Å². The van der Waals surface area contributed by atoms with Crippen LogP contribution >= 0.6 is 11.9 Å². The average Bonchev–Trinajstić information content (AvgIpc) is 2.03. The van der Waals surface area contributed by atoms with E-state index in [0.29, 0.717) is 0 Å². The Morgan fingerprint density at radius 3 is 2.18 bits per heavy atom. The molecular weight excluding hydrogens is 177 g/mol. The van der Waals surface area contributed by atoms with Gasteiger partial charge in [-0.1, -0.05) is 0 Å². The highest BCUT2D eigenvalue weighted by Crippen LogP contribution is 1.85. The molecule has 0 heterocycles. The van der Waals surface area contributed by atoms with E-state index in [0.717, 1.165) is 6.08 Å². The monoisotopic (exact) mass is 182 g/mol. The molecule has 1 radical (unpaired) electrons. The number of hydrogen-bond donors (Lipinski definition) is 2. The Hall–Kier alpha value is -0.940. The van der Waals surface area contributed by atoms with Gasteiger partial charge in [0.15, 0.2) is 6.04 Å². The lowest BCUT2D eigenvalue weighted by Gasteiger charge is -1.96. The molecule has 0 saturated carbocycles. The van der Waals surface area contributed by atoms with Gasteiger partial charge in [-0.25, -0.2) is 9.59 Å². The zero-order valence-electron chi connectivity index (χ0n) is 5.23. The summed E-state index contributed by atoms with van der Waals surface area (Å²) in [5.41, 5.74) is 0. The minimum atomic E-state index is -1.36. The van der Waals surface area contributed by atoms with Gasteiger partial charge in [-0.2, -0.15) is 4.99 Å². The number of nitrogens with zero attached hydrogens (tertiary/aromatic N) is 1. The number of carbonyl (C=O) groups is 1. The Bertz CT molecular complexity index is 153. The van der Waals surface area contributed by atoms with Crippen LogP contribution in [0.3, 0.4) is 0 Å². The second kappa shape index (κ2) is 9.06. The predicted molar refractivity (Wildman–Crippen MR) is 33.2 cm³/mol. The second-order valence-corrected chi connectivity index (χ2v) is 1.26. The first-order chi connectivity index (χ1) is 5.22. The third kappa shape index (κ3) is 6.95. The first-order valence-electron chi connectivity index (χ1n) is 2.28. The van der Waals surface area contributed by atoms with Gasteiger partial charge in [0.2, 0.25) is 6.08 Å². The molecule has 0 saturated heterocycles. The van der Waals surface area contributed by atoms with Crippen LogP contribution in [0.1, 0.15) is 0 Å². The molecule has 11 heavy (non-hydrogen) atoms. The molecule has 0 rings (SSSR count). The zero-order valence-corrected chi connectivity index (χ0v) is 5.98. The van der Waals surface area contributed by atoms with Crippen molar-refractivity contribution in [3.8, 4) is 0 Å². The van der Waals surface area contributed by atoms with Crippen LogP contribution in [0.15, 0.2) is 4.99 Å². The van der Waals surface area contributed by atoms with E-state index < -0.39 is 18.6 Å². The number of aliphatic imine (C=N–C) groups is 1. The maximum absolute atomic E-state index is 9.89. The number of hydrogen-bond acceptors (Lipinski definition) is 4. The number of aliphatic hydroxyl groups excluding tert-OH is 1. The standard InChI is InChI=1S/C4H5NO4.ClO/c6-1-3(4(8)9)5-2-7;1-2/h3,6H,1H2,(H,8,9);. The maximum atomic E-state index is 9.89. The Morgan fingerprint density at radius 2 is 2.09 bits per heavy atom. The molecule has 1 unspecified atom stereocenters. The summed E-state index contributed by atoms with van der Waals surface area (Å²) in [6.07, 6.45) is 1.03. The van der Waals surface area contributed by atoms with Crippen molar-refractivity contribution in [1.82, 2.24) is 0 Å². The molecular formula is C4H5ClNO5. The predicted octanol–water partition coefficient (Wildman–Crippen LogP) is -0.662. The van der Waals surface area contributed by atoms with E-state index in [2.05, 4.69) is 16.9 Å². The fourth-order valence-electron chi connectivity index (χ4n) is 0.238. The number of carboxylic acid groups (broad SMARTS) is 1. The molecule has 0 bridgehead atoms. The van der Waals surface area contributed by atoms with Crippen molar-refractivity contribution in [1.29, 1.82) is 0 Å². The first kappa shape index (κ1) is 12.7. The number of isocyanates is 1. The molecule has 0 spiro atoms. The smallest absolute Gasteiger partial charge is 0.331 e. The lowest BCUT2D eigenvalue weighted by Crippen LogP contribution is -2.21. The SMILES string of the molecule is O=C=NC(CO)C(=O)O.[O]Cl. The van der Waals surface area contributed by atoms with Gasteiger partial charge in [-0.05, 0) is 0 Å². The first-order valence-corrected chi connectivity index (χ1v) is 2.59. The van der Waals surface area contributed by atoms with Crippen LogP contribution in [0.4, 0.5) is 0 Å². The summed E-state index contributed by atoms with van der Waals surface area (Å²) < 4.78 is 7.72. The quantitative estimate of drug-likeness (QED) is 0.446. The lowest BCUT2D eigenvalue weighted by atomic mass is 10.3. The van der Waals surface area contributed by atoms with E-state index in [1.807, 2.05) is 0 Å². The fourth-order valence-corrected chi connectivity index (χ4v) is 0.238. The van der Waals surface area contributed by atoms with Gasteiger partial charge in [0.1, 0.15) is 11.9 Å². The summed E-state index contributed by atoms with van der Waals surface area (Å²) in [5.74, 6) is -1.33. The zero-order chi connectivity index (χ0) is 9.28. The molecule has 0 aromatic carbocycles. The van der Waals surface area contributed by atoms with Crippen LogP contribution in [0.5, 0.6) is 0 Å². The minimum Gasteiger partial charge on any atom is -0.480 e. The molecule has 0 fully saturated rings. The van der Waals surface area contributed by atoms with Gasteiger partial charge in [-0.15, -0.1) is 4.66 Å². The van der Waals surface area contributed by atoms with E-state index in [4.69, 9.17) is 14.9 Å². The van der Waals surface area contributed by atoms with E-state index >= 15 is 0 Å². The Morgan fingerprint density at radius 1 is 1.64 bits per heavy atom. The summed E-state index contributed by atoms with van der Waals surface area (Å²) in [7, 11) is 0. The summed E-state index contributed by atoms with van der Waals surface area (Å²) in [4.78, 5) is 22.1. The van der Waals surface area contributed by atoms with Crippen molar-refractivity contribution in [2.45, 2.75) is 6.04 Å². The Balaban J connectivity index is 0. The van der Waals surface area contributed by atoms with Crippen LogP contribution in [0.2, 0.25) is 0 Å². The van der Waals surface area contributed by atoms with Crippen molar-refractivity contribution in [2.75, 3.05) is 6.61 Å². The van der Waals surface area contributed by atoms with Crippen LogP contribution in [-0.2, 0) is 14.2 Å². The van der Waals surface area contributed by atoms with E-state index in [1.165, 1.54) is 0 Å². The topological polar surface area (TPSA) is 107 Å². The normalized spacial score (nSPS) is 10.1. The molecule has 0 aliphatic carbocycles. The largest absolute Gasteiger partial charge is 0.480 e. The Kier molecular flexibility index (Phi) is 10.5. The summed E-state index contributed by atoms with van der Waals surface area (Å²) in [5, 5.41) is 16.2. The van der Waals surface area contributed by atoms with Crippen molar-refractivity contribution in [3.63, 3.8) is 0 Å². The van der Waals surface area contributed by atoms with E-state index in [-0.39, 0.29) is 0 Å². The average molecular weight is 183 g/mol. The van der Waals surface area contributed by atoms with Gasteiger partial charge in [0, 0.05) is 0 Å². The lowest BCUT2D eigenvalue weighted by molar-refractivity contribution is -0.139. The summed E-state index contributed by atoms with van der Waals surface area (Å²) >= 11 is 3.39. The number of halogens is 1. The second-order valence-electron chi connectivity index (χ2n) is 1.26. The van der Waals surface area contributed by atoms with E-state index in [9.17, 15) is 9.59 Å². The minimum absolute atomic E-state index is 0.676. The van der Waals surface area contributed by atoms with Crippen molar-refractivity contribution in [3.05, 3.63) is 0 Å². The number of carbonyl (C=O) groups excluding carboxylic acids is 1. The molecule has 0 aromatic heterocycles. The highest BCUT2D eigenvalue weighted by molar-refractivity contribution is 6.04. The summed E-state index contributed by atoms with van der Waals surface area (Å²) in [6.45, 7) is -0.676. The number of carboxylic acids is 1. The number of rotatable bonds is 3. The van der Waals surface area contributed by atoms with Crippen LogP contribution in [-0.4, -0.2) is 34.9 Å². The fraction of sp³-hybridized carbons (Fsp3) is 0.500. The van der Waals surface area contributed by atoms with Crippen molar-refractivity contribution >= 4 is 23.9 Å². The maximum Gasteiger partial charge on any atom is 0.331 e. The van der Waals surface area contributed by atoms with Gasteiger partial charge < -0.3 is 10.2 Å². The van der Waals surface area contributed by atoms with Gasteiger partial charge >= 0.3 is 5.97 Å². The van der Waals surface area contributed by atoms with Crippen molar-refractivity contribution in [2.24, 2.45) is 4.99 Å². The molecule has 0 aliphatic rings. The van der Waals surface area contributed by atoms with E-state index in [1.54, 1.807) is 0 Å². The number of aliphatic carboxylic acids is 1. The van der Waals surface area contributed by atoms with Crippen LogP contribution in [0, 0.1) is 0 Å². The summed E-state index contributed by atoms with van der Waals surface area (Å²) in [6, 6.07) is -1.36. The third-order valence-electron chi connectivity index (χ3n) is 0.667. The molecule has 0 amide bonds. The highest BCUT2D eigenvalue weighted by atomic mass is 35.5. The molecule has 1 atom stereocenters. The molecule has 0 aliphatic heterocycles. The molecule has 6 nitrogen and oxygen atoms in total.